The van der Waals surface area contributed by atoms with Crippen LogP contribution in [0.25, 0.3) is 0 Å². The summed E-state index contributed by atoms with van der Waals surface area (Å²) >= 11 is 5.80. The number of nitrogens with zero attached hydrogens (tertiary/aromatic N) is 1. The summed E-state index contributed by atoms with van der Waals surface area (Å²) in [5, 5.41) is 4.01. The largest absolute Gasteiger partial charge is 0.384 e. The molecule has 18 heavy (non-hydrogen) atoms. The van der Waals surface area contributed by atoms with Crippen LogP contribution < -0.4 is 5.32 Å². The van der Waals surface area contributed by atoms with Crippen molar-refractivity contribution in [2.24, 2.45) is 0 Å². The Labute approximate surface area is 113 Å². The van der Waals surface area contributed by atoms with Gasteiger partial charge in [0.2, 0.25) is 0 Å². The highest BCUT2D eigenvalue weighted by molar-refractivity contribution is 7.91. The van der Waals surface area contributed by atoms with Crippen LogP contribution in [0.4, 0.5) is 5.69 Å². The molecule has 100 valence electrons. The second-order valence-corrected chi connectivity index (χ2v) is 7.17. The smallest absolute Gasteiger partial charge is 0.152 e. The SMILES string of the molecule is O=S1(=O)CCN(CCNc2ccc(Cl)cc2)CC1. The molecule has 1 aliphatic heterocycles. The Morgan fingerprint density at radius 2 is 1.78 bits per heavy atom. The minimum Gasteiger partial charge on any atom is -0.384 e. The quantitative estimate of drug-likeness (QED) is 0.912. The minimum absolute atomic E-state index is 0.286. The summed E-state index contributed by atoms with van der Waals surface area (Å²) in [4.78, 5) is 2.17. The standard InChI is InChI=1S/C12H17ClN2O2S/c13-11-1-3-12(4-2-11)14-5-6-15-7-9-18(16,17)10-8-15/h1-4,14H,5-10H2. The van der Waals surface area contributed by atoms with Gasteiger partial charge in [0.1, 0.15) is 0 Å². The van der Waals surface area contributed by atoms with E-state index in [1.165, 1.54) is 0 Å². The first-order valence-corrected chi connectivity index (χ1v) is 8.17. The molecule has 0 amide bonds. The number of hydrogen-bond acceptors (Lipinski definition) is 4. The maximum atomic E-state index is 11.3. The molecule has 1 saturated heterocycles. The van der Waals surface area contributed by atoms with Crippen LogP contribution in [0.1, 0.15) is 0 Å². The van der Waals surface area contributed by atoms with Gasteiger partial charge in [0, 0.05) is 36.9 Å². The Morgan fingerprint density at radius 3 is 2.39 bits per heavy atom. The van der Waals surface area contributed by atoms with Crippen molar-refractivity contribution in [2.75, 3.05) is 43.0 Å². The summed E-state index contributed by atoms with van der Waals surface area (Å²) in [6, 6.07) is 7.56. The number of sulfone groups is 1. The van der Waals surface area contributed by atoms with Crippen LogP contribution in [0.5, 0.6) is 0 Å². The van der Waals surface area contributed by atoms with E-state index in [0.29, 0.717) is 13.1 Å². The Kier molecular flexibility index (Phi) is 4.48. The summed E-state index contributed by atoms with van der Waals surface area (Å²) in [5.41, 5.74) is 1.03. The topological polar surface area (TPSA) is 49.4 Å². The van der Waals surface area contributed by atoms with Crippen molar-refractivity contribution in [2.45, 2.75) is 0 Å². The minimum atomic E-state index is -2.77. The fraction of sp³-hybridized carbons (Fsp3) is 0.500. The van der Waals surface area contributed by atoms with Crippen LogP contribution in [0.2, 0.25) is 5.02 Å². The van der Waals surface area contributed by atoms with Gasteiger partial charge in [0.25, 0.3) is 0 Å². The molecule has 1 aromatic rings. The normalized spacial score (nSPS) is 19.6. The number of rotatable bonds is 4. The van der Waals surface area contributed by atoms with Gasteiger partial charge in [-0.15, -0.1) is 0 Å². The average molecular weight is 289 g/mol. The molecule has 0 radical (unpaired) electrons. The van der Waals surface area contributed by atoms with Crippen molar-refractivity contribution in [3.8, 4) is 0 Å². The molecule has 2 rings (SSSR count). The molecule has 0 atom stereocenters. The van der Waals surface area contributed by atoms with E-state index in [1.54, 1.807) is 0 Å². The van der Waals surface area contributed by atoms with Crippen LogP contribution in [0, 0.1) is 0 Å². The Hall–Kier alpha value is -0.780. The predicted octanol–water partition coefficient (Wildman–Crippen LogP) is 1.48. The van der Waals surface area contributed by atoms with Crippen molar-refractivity contribution < 1.29 is 8.42 Å². The van der Waals surface area contributed by atoms with E-state index in [2.05, 4.69) is 10.2 Å². The zero-order valence-corrected chi connectivity index (χ0v) is 11.7. The molecule has 1 heterocycles. The van der Waals surface area contributed by atoms with Crippen LogP contribution >= 0.6 is 11.6 Å². The molecule has 6 heteroatoms. The molecule has 0 aromatic heterocycles. The van der Waals surface area contributed by atoms with Gasteiger partial charge in [-0.25, -0.2) is 8.42 Å². The lowest BCUT2D eigenvalue weighted by Gasteiger charge is -2.26. The van der Waals surface area contributed by atoms with E-state index in [0.717, 1.165) is 23.8 Å². The molecular weight excluding hydrogens is 272 g/mol. The predicted molar refractivity (Wildman–Crippen MR) is 75.0 cm³/mol. The highest BCUT2D eigenvalue weighted by Gasteiger charge is 2.20. The van der Waals surface area contributed by atoms with Crippen molar-refractivity contribution in [3.63, 3.8) is 0 Å². The monoisotopic (exact) mass is 288 g/mol. The van der Waals surface area contributed by atoms with Crippen molar-refractivity contribution in [1.29, 1.82) is 0 Å². The average Bonchev–Trinajstić information content (AvgIpc) is 2.34. The van der Waals surface area contributed by atoms with Gasteiger partial charge in [-0.1, -0.05) is 11.6 Å². The van der Waals surface area contributed by atoms with Crippen molar-refractivity contribution >= 4 is 27.1 Å². The highest BCUT2D eigenvalue weighted by Crippen LogP contribution is 2.13. The van der Waals surface area contributed by atoms with Gasteiger partial charge >= 0.3 is 0 Å². The van der Waals surface area contributed by atoms with Gasteiger partial charge in [-0.3, -0.25) is 4.90 Å². The Bertz CT molecular complexity index is 473. The second-order valence-electron chi connectivity index (χ2n) is 4.43. The van der Waals surface area contributed by atoms with Crippen molar-refractivity contribution in [1.82, 2.24) is 4.90 Å². The summed E-state index contributed by atoms with van der Waals surface area (Å²) in [6.45, 7) is 2.95. The lowest BCUT2D eigenvalue weighted by Crippen LogP contribution is -2.42. The first-order valence-electron chi connectivity index (χ1n) is 5.97. The molecule has 0 spiro atoms. The first-order chi connectivity index (χ1) is 8.55. The van der Waals surface area contributed by atoms with E-state index >= 15 is 0 Å². The Morgan fingerprint density at radius 1 is 1.17 bits per heavy atom. The summed E-state index contributed by atoms with van der Waals surface area (Å²) in [7, 11) is -2.77. The van der Waals surface area contributed by atoms with Gasteiger partial charge < -0.3 is 5.32 Å². The van der Waals surface area contributed by atoms with Gasteiger partial charge in [-0.2, -0.15) is 0 Å². The van der Waals surface area contributed by atoms with Crippen LogP contribution in [-0.2, 0) is 9.84 Å². The number of anilines is 1. The first kappa shape index (κ1) is 13.6. The van der Waals surface area contributed by atoms with Crippen LogP contribution in [0.3, 0.4) is 0 Å². The number of hydrogen-bond donors (Lipinski definition) is 1. The highest BCUT2D eigenvalue weighted by atomic mass is 35.5. The van der Waals surface area contributed by atoms with Crippen LogP contribution in [-0.4, -0.2) is 51.0 Å². The Balaban J connectivity index is 1.71. The lowest BCUT2D eigenvalue weighted by atomic mass is 10.3. The number of benzene rings is 1. The van der Waals surface area contributed by atoms with E-state index in [1.807, 2.05) is 24.3 Å². The number of halogens is 1. The third-order valence-electron chi connectivity index (χ3n) is 3.04. The third-order valence-corrected chi connectivity index (χ3v) is 4.90. The van der Waals surface area contributed by atoms with E-state index < -0.39 is 9.84 Å². The fourth-order valence-electron chi connectivity index (χ4n) is 1.90. The summed E-state index contributed by atoms with van der Waals surface area (Å²) < 4.78 is 22.5. The molecule has 1 fully saturated rings. The molecule has 0 unspecified atom stereocenters. The van der Waals surface area contributed by atoms with E-state index in [-0.39, 0.29) is 11.5 Å². The maximum absolute atomic E-state index is 11.3. The maximum Gasteiger partial charge on any atom is 0.152 e. The molecule has 0 bridgehead atoms. The summed E-state index contributed by atoms with van der Waals surface area (Å²) in [5.74, 6) is 0.571. The van der Waals surface area contributed by atoms with Gasteiger partial charge in [0.05, 0.1) is 11.5 Å². The van der Waals surface area contributed by atoms with E-state index in [9.17, 15) is 8.42 Å². The summed E-state index contributed by atoms with van der Waals surface area (Å²) in [6.07, 6.45) is 0. The number of nitrogens with one attached hydrogen (secondary N) is 1. The molecule has 1 aliphatic rings. The lowest BCUT2D eigenvalue weighted by molar-refractivity contribution is 0.307. The zero-order valence-electron chi connectivity index (χ0n) is 10.1. The van der Waals surface area contributed by atoms with E-state index in [4.69, 9.17) is 11.6 Å². The van der Waals surface area contributed by atoms with Crippen molar-refractivity contribution in [3.05, 3.63) is 29.3 Å². The molecular formula is C12H17ClN2O2S. The molecule has 0 saturated carbocycles. The van der Waals surface area contributed by atoms with Crippen LogP contribution in [0.15, 0.2) is 24.3 Å². The van der Waals surface area contributed by atoms with Gasteiger partial charge in [-0.05, 0) is 24.3 Å². The fourth-order valence-corrected chi connectivity index (χ4v) is 3.30. The molecule has 1 aromatic carbocycles. The molecule has 4 nitrogen and oxygen atoms in total. The van der Waals surface area contributed by atoms with Gasteiger partial charge in [0.15, 0.2) is 9.84 Å². The molecule has 1 N–H and O–H groups in total. The third kappa shape index (κ3) is 4.15. The zero-order chi connectivity index (χ0) is 13.0. The molecule has 0 aliphatic carbocycles. The second kappa shape index (κ2) is 5.91.